The second-order valence-electron chi connectivity index (χ2n) is 6.33. The third kappa shape index (κ3) is 4.58. The first kappa shape index (κ1) is 18.8. The molecule has 0 bridgehead atoms. The molecular weight excluding hydrogens is 404 g/mol. The summed E-state index contributed by atoms with van der Waals surface area (Å²) in [4.78, 5) is 11.1. The Kier molecular flexibility index (Phi) is 5.86. The van der Waals surface area contributed by atoms with Gasteiger partial charge in [-0.05, 0) is 66.4 Å². The molecule has 4 nitrogen and oxygen atoms in total. The molecule has 0 saturated carbocycles. The monoisotopic (exact) mass is 423 g/mol. The Balaban J connectivity index is 1.76. The van der Waals surface area contributed by atoms with Gasteiger partial charge in [-0.2, -0.15) is 0 Å². The minimum atomic E-state index is -0.634. The Bertz CT molecular complexity index is 802. The number of nitrogens with zero attached hydrogens (tertiary/aromatic N) is 3. The predicted molar refractivity (Wildman–Crippen MR) is 101 cm³/mol. The molecule has 1 aromatic heterocycles. The predicted octanol–water partition coefficient (Wildman–Crippen LogP) is 5.33. The summed E-state index contributed by atoms with van der Waals surface area (Å²) in [5.74, 6) is -0.907. The molecule has 3 rings (SSSR count). The highest BCUT2D eigenvalue weighted by Gasteiger charge is 2.15. The van der Waals surface area contributed by atoms with Crippen LogP contribution in [0.5, 0.6) is 5.88 Å². The quantitative estimate of drug-likeness (QED) is 0.481. The van der Waals surface area contributed by atoms with Crippen LogP contribution in [0.2, 0.25) is 0 Å². The largest absolute Gasteiger partial charge is 0.469 e. The Labute approximate surface area is 160 Å². The van der Waals surface area contributed by atoms with Gasteiger partial charge in [-0.3, -0.25) is 0 Å². The van der Waals surface area contributed by atoms with Crippen LogP contribution < -0.4 is 4.74 Å². The molecule has 0 amide bonds. The summed E-state index contributed by atoms with van der Waals surface area (Å²) in [5.41, 5.74) is 1.88. The van der Waals surface area contributed by atoms with Crippen molar-refractivity contribution in [2.75, 3.05) is 13.1 Å². The Morgan fingerprint density at radius 1 is 1.19 bits per heavy atom. The van der Waals surface area contributed by atoms with Crippen LogP contribution in [0, 0.1) is 18.6 Å². The molecule has 1 fully saturated rings. The molecule has 138 valence electrons. The fourth-order valence-corrected chi connectivity index (χ4v) is 3.21. The summed E-state index contributed by atoms with van der Waals surface area (Å²) < 4.78 is 33.2. The lowest BCUT2D eigenvalue weighted by Crippen LogP contribution is -2.16. The van der Waals surface area contributed by atoms with E-state index in [0.29, 0.717) is 15.9 Å². The summed E-state index contributed by atoms with van der Waals surface area (Å²) in [6, 6.07) is 5.18. The summed E-state index contributed by atoms with van der Waals surface area (Å²) in [6.45, 7) is 5.62. The number of benzene rings is 1. The van der Waals surface area contributed by atoms with Gasteiger partial charge in [0, 0.05) is 19.2 Å². The van der Waals surface area contributed by atoms with Crippen molar-refractivity contribution >= 4 is 28.0 Å². The minimum Gasteiger partial charge on any atom is -0.469 e. The molecule has 2 aromatic rings. The molecule has 1 atom stereocenters. The third-order valence-corrected chi connectivity index (χ3v) is 4.82. The van der Waals surface area contributed by atoms with Gasteiger partial charge in [0.15, 0.2) is 0 Å². The van der Waals surface area contributed by atoms with Gasteiger partial charge in [-0.15, -0.1) is 0 Å². The number of ether oxygens (including phenoxy) is 1. The number of rotatable bonds is 5. The first-order chi connectivity index (χ1) is 12.4. The van der Waals surface area contributed by atoms with Crippen molar-refractivity contribution in [1.29, 1.82) is 0 Å². The number of hydrogen-bond acceptors (Lipinski definition) is 3. The lowest BCUT2D eigenvalue weighted by molar-refractivity contribution is 0.214. The van der Waals surface area contributed by atoms with Crippen LogP contribution in [0.3, 0.4) is 0 Å². The van der Waals surface area contributed by atoms with E-state index in [-0.39, 0.29) is 0 Å². The zero-order valence-corrected chi connectivity index (χ0v) is 16.3. The fraction of sp³-hybridized carbons (Fsp3) is 0.368. The van der Waals surface area contributed by atoms with E-state index in [4.69, 9.17) is 4.74 Å². The number of pyridine rings is 1. The number of aryl methyl sites for hydroxylation is 1. The molecule has 1 aliphatic rings. The van der Waals surface area contributed by atoms with Gasteiger partial charge in [-0.1, -0.05) is 0 Å². The van der Waals surface area contributed by atoms with Gasteiger partial charge >= 0.3 is 0 Å². The van der Waals surface area contributed by atoms with E-state index >= 15 is 0 Å². The molecule has 0 aliphatic carbocycles. The molecule has 7 heteroatoms. The second-order valence-corrected chi connectivity index (χ2v) is 7.18. The number of halogens is 3. The molecule has 1 saturated heterocycles. The lowest BCUT2D eigenvalue weighted by Gasteiger charge is -2.17. The van der Waals surface area contributed by atoms with Crippen LogP contribution in [-0.4, -0.2) is 29.3 Å². The topological polar surface area (TPSA) is 37.7 Å². The average Bonchev–Trinajstić information content (AvgIpc) is 3.09. The third-order valence-electron chi connectivity index (χ3n) is 4.25. The average molecular weight is 424 g/mol. The van der Waals surface area contributed by atoms with E-state index in [1.807, 2.05) is 19.3 Å². The maximum absolute atomic E-state index is 13.4. The van der Waals surface area contributed by atoms with Crippen molar-refractivity contribution in [3.63, 3.8) is 0 Å². The Morgan fingerprint density at radius 2 is 1.85 bits per heavy atom. The zero-order valence-electron chi connectivity index (χ0n) is 14.7. The van der Waals surface area contributed by atoms with E-state index in [1.54, 1.807) is 6.92 Å². The number of hydrogen-bond donors (Lipinski definition) is 0. The first-order valence-electron chi connectivity index (χ1n) is 8.50. The van der Waals surface area contributed by atoms with Gasteiger partial charge in [0.1, 0.15) is 17.7 Å². The normalized spacial score (nSPS) is 15.7. The summed E-state index contributed by atoms with van der Waals surface area (Å²) in [6.07, 6.45) is 3.68. The minimum absolute atomic E-state index is 0.361. The van der Waals surface area contributed by atoms with Crippen molar-refractivity contribution < 1.29 is 13.5 Å². The number of likely N-dealkylation sites (tertiary alicyclic amines) is 1. The van der Waals surface area contributed by atoms with E-state index in [2.05, 4.69) is 30.8 Å². The Morgan fingerprint density at radius 3 is 2.50 bits per heavy atom. The van der Waals surface area contributed by atoms with Gasteiger partial charge in [0.05, 0.1) is 22.2 Å². The van der Waals surface area contributed by atoms with Crippen LogP contribution in [0.4, 0.5) is 14.5 Å². The zero-order chi connectivity index (χ0) is 18.7. The molecule has 0 radical (unpaired) electrons. The second kappa shape index (κ2) is 8.12. The smallest absolute Gasteiger partial charge is 0.228 e. The van der Waals surface area contributed by atoms with E-state index < -0.39 is 17.7 Å². The molecule has 1 aromatic carbocycles. The maximum atomic E-state index is 13.4. The van der Waals surface area contributed by atoms with Crippen molar-refractivity contribution in [2.45, 2.75) is 32.8 Å². The molecule has 0 spiro atoms. The van der Waals surface area contributed by atoms with Gasteiger partial charge in [0.2, 0.25) is 5.88 Å². The van der Waals surface area contributed by atoms with Gasteiger partial charge in [-0.25, -0.2) is 18.8 Å². The number of aliphatic imine (C=N–C) groups is 1. The highest BCUT2D eigenvalue weighted by Crippen LogP contribution is 2.32. The van der Waals surface area contributed by atoms with Crippen LogP contribution in [-0.2, 0) is 0 Å². The summed E-state index contributed by atoms with van der Waals surface area (Å²) in [7, 11) is 0. The van der Waals surface area contributed by atoms with Gasteiger partial charge in [0.25, 0.3) is 0 Å². The number of aromatic nitrogens is 1. The van der Waals surface area contributed by atoms with Crippen LogP contribution in [0.15, 0.2) is 33.7 Å². The summed E-state index contributed by atoms with van der Waals surface area (Å²) >= 11 is 3.44. The standard InChI is InChI=1S/C19H20BrF2N3O/c1-12-18(23-11-25-5-3-4-6-25)10-17(20)19(24-12)26-13(2)14-7-15(21)9-16(22)8-14/h7-11,13H,3-6H2,1-2H3/b23-11+. The summed E-state index contributed by atoms with van der Waals surface area (Å²) in [5, 5.41) is 0. The van der Waals surface area contributed by atoms with E-state index in [9.17, 15) is 8.78 Å². The van der Waals surface area contributed by atoms with Crippen LogP contribution in [0.25, 0.3) is 0 Å². The highest BCUT2D eigenvalue weighted by atomic mass is 79.9. The molecule has 2 heterocycles. The SMILES string of the molecule is Cc1nc(OC(C)c2cc(F)cc(F)c2)c(Br)cc1/N=C/N1CCCC1. The highest BCUT2D eigenvalue weighted by molar-refractivity contribution is 9.10. The molecule has 1 aliphatic heterocycles. The van der Waals surface area contributed by atoms with E-state index in [0.717, 1.165) is 30.5 Å². The fourth-order valence-electron chi connectivity index (χ4n) is 2.81. The van der Waals surface area contributed by atoms with Crippen LogP contribution >= 0.6 is 15.9 Å². The maximum Gasteiger partial charge on any atom is 0.228 e. The van der Waals surface area contributed by atoms with Crippen LogP contribution in [0.1, 0.15) is 37.1 Å². The molecule has 1 unspecified atom stereocenters. The molecular formula is C19H20BrF2N3O. The van der Waals surface area contributed by atoms with Crippen molar-refractivity contribution in [1.82, 2.24) is 9.88 Å². The van der Waals surface area contributed by atoms with Gasteiger partial charge < -0.3 is 9.64 Å². The lowest BCUT2D eigenvalue weighted by atomic mass is 10.1. The van der Waals surface area contributed by atoms with E-state index in [1.165, 1.54) is 25.0 Å². The van der Waals surface area contributed by atoms with Crippen molar-refractivity contribution in [3.8, 4) is 5.88 Å². The molecule has 26 heavy (non-hydrogen) atoms. The molecule has 0 N–H and O–H groups in total. The Hall–Kier alpha value is -2.02. The first-order valence-corrected chi connectivity index (χ1v) is 9.29. The van der Waals surface area contributed by atoms with Crippen molar-refractivity contribution in [2.24, 2.45) is 4.99 Å². The van der Waals surface area contributed by atoms with Crippen molar-refractivity contribution in [3.05, 3.63) is 51.6 Å².